The number of rotatable bonds is 2. The van der Waals surface area contributed by atoms with Gasteiger partial charge < -0.3 is 4.90 Å². The lowest BCUT2D eigenvalue weighted by Crippen LogP contribution is -2.70. The lowest BCUT2D eigenvalue weighted by molar-refractivity contribution is -0.159. The van der Waals surface area contributed by atoms with Crippen LogP contribution in [0.1, 0.15) is 45.4 Å². The fourth-order valence-corrected chi connectivity index (χ4v) is 3.88. The third kappa shape index (κ3) is 1.99. The number of likely N-dealkylation sites (N-methyl/N-ethyl adjacent to an activating group) is 1. The van der Waals surface area contributed by atoms with Crippen molar-refractivity contribution in [1.29, 1.82) is 0 Å². The number of piperidine rings is 1. The minimum Gasteiger partial charge on any atom is -0.334 e. The van der Waals surface area contributed by atoms with Gasteiger partial charge in [-0.2, -0.15) is 0 Å². The van der Waals surface area contributed by atoms with Gasteiger partial charge in [0, 0.05) is 31.1 Å². The van der Waals surface area contributed by atoms with E-state index < -0.39 is 0 Å². The predicted molar refractivity (Wildman–Crippen MR) is 67.7 cm³/mol. The van der Waals surface area contributed by atoms with Crippen molar-refractivity contribution in [2.24, 2.45) is 5.92 Å². The summed E-state index contributed by atoms with van der Waals surface area (Å²) in [7, 11) is 0. The maximum absolute atomic E-state index is 12.5. The van der Waals surface area contributed by atoms with Gasteiger partial charge in [-0.05, 0) is 25.8 Å². The summed E-state index contributed by atoms with van der Waals surface area (Å²) in [6.07, 6.45) is 7.41. The van der Waals surface area contributed by atoms with Crippen molar-refractivity contribution in [1.82, 2.24) is 9.80 Å². The summed E-state index contributed by atoms with van der Waals surface area (Å²) in [6.45, 7) is 5.59. The predicted octanol–water partition coefficient (Wildman–Crippen LogP) is 1.87. The van der Waals surface area contributed by atoms with Crippen LogP contribution >= 0.6 is 0 Å². The summed E-state index contributed by atoms with van der Waals surface area (Å²) >= 11 is 0. The number of amides is 1. The van der Waals surface area contributed by atoms with Crippen molar-refractivity contribution in [3.05, 3.63) is 0 Å². The van der Waals surface area contributed by atoms with Crippen LogP contribution in [0.2, 0.25) is 0 Å². The molecule has 1 amide bonds. The van der Waals surface area contributed by atoms with E-state index in [0.717, 1.165) is 32.5 Å². The second-order valence-corrected chi connectivity index (χ2v) is 5.98. The van der Waals surface area contributed by atoms with Crippen molar-refractivity contribution in [3.63, 3.8) is 0 Å². The summed E-state index contributed by atoms with van der Waals surface area (Å²) in [5, 5.41) is 0. The van der Waals surface area contributed by atoms with Gasteiger partial charge in [-0.15, -0.1) is 0 Å². The van der Waals surface area contributed by atoms with Crippen LogP contribution in [0.15, 0.2) is 0 Å². The molecule has 0 spiro atoms. The van der Waals surface area contributed by atoms with Gasteiger partial charge in [-0.3, -0.25) is 9.69 Å². The van der Waals surface area contributed by atoms with Crippen LogP contribution in [0.5, 0.6) is 0 Å². The van der Waals surface area contributed by atoms with Crippen molar-refractivity contribution < 1.29 is 4.79 Å². The van der Waals surface area contributed by atoms with E-state index in [0.29, 0.717) is 23.9 Å². The molecule has 3 nitrogen and oxygen atoms in total. The first-order valence-corrected chi connectivity index (χ1v) is 7.34. The number of hydrogen-bond acceptors (Lipinski definition) is 2. The molecule has 4 fully saturated rings. The standard InChI is InChI=1S/C14H24N2O/c1-2-15-9-12-8-13(10-15)16(12)14(17)11-6-4-3-5-7-11/h11-13H,2-10H2,1H3. The molecule has 0 aromatic carbocycles. The molecule has 4 aliphatic rings. The van der Waals surface area contributed by atoms with Crippen molar-refractivity contribution in [2.45, 2.75) is 57.5 Å². The lowest BCUT2D eigenvalue weighted by Gasteiger charge is -2.57. The molecule has 1 aliphatic carbocycles. The Morgan fingerprint density at radius 1 is 1.12 bits per heavy atom. The first-order chi connectivity index (χ1) is 8.29. The second-order valence-electron chi connectivity index (χ2n) is 5.98. The summed E-state index contributed by atoms with van der Waals surface area (Å²) in [6, 6.07) is 1.09. The van der Waals surface area contributed by atoms with Gasteiger partial charge in [-0.25, -0.2) is 0 Å². The maximum atomic E-state index is 12.5. The third-order valence-electron chi connectivity index (χ3n) is 4.92. The molecule has 2 bridgehead atoms. The molecule has 0 aromatic heterocycles. The lowest BCUT2D eigenvalue weighted by atomic mass is 9.82. The van der Waals surface area contributed by atoms with Crippen LogP contribution in [0.25, 0.3) is 0 Å². The Morgan fingerprint density at radius 2 is 1.76 bits per heavy atom. The molecule has 3 aliphatic heterocycles. The molecule has 3 heterocycles. The van der Waals surface area contributed by atoms with Gasteiger partial charge in [0.25, 0.3) is 0 Å². The molecule has 0 radical (unpaired) electrons. The van der Waals surface area contributed by atoms with Gasteiger partial charge in [-0.1, -0.05) is 26.2 Å². The molecular weight excluding hydrogens is 212 g/mol. The van der Waals surface area contributed by atoms with E-state index in [1.165, 1.54) is 25.7 Å². The van der Waals surface area contributed by atoms with Gasteiger partial charge in [0.15, 0.2) is 0 Å². The van der Waals surface area contributed by atoms with E-state index in [1.54, 1.807) is 0 Å². The summed E-state index contributed by atoms with van der Waals surface area (Å²) < 4.78 is 0. The zero-order valence-corrected chi connectivity index (χ0v) is 10.9. The van der Waals surface area contributed by atoms with Crippen molar-refractivity contribution in [2.75, 3.05) is 19.6 Å². The molecule has 0 aromatic rings. The van der Waals surface area contributed by atoms with Crippen molar-refractivity contribution >= 4 is 5.91 Å². The SMILES string of the molecule is CCN1CC2CC(C1)N2C(=O)C1CCCCC1. The second kappa shape index (κ2) is 4.60. The minimum atomic E-state index is 0.363. The van der Waals surface area contributed by atoms with Crippen LogP contribution in [0, 0.1) is 5.92 Å². The molecule has 2 atom stereocenters. The molecule has 3 heteroatoms. The molecule has 17 heavy (non-hydrogen) atoms. The number of piperazine rings is 1. The molecule has 3 saturated heterocycles. The molecule has 0 N–H and O–H groups in total. The van der Waals surface area contributed by atoms with E-state index in [2.05, 4.69) is 16.7 Å². The Labute approximate surface area is 104 Å². The van der Waals surface area contributed by atoms with Crippen LogP contribution in [0.3, 0.4) is 0 Å². The average Bonchev–Trinajstić information content (AvgIpc) is 2.39. The Balaban J connectivity index is 1.60. The first kappa shape index (κ1) is 11.5. The number of carbonyl (C=O) groups excluding carboxylic acids is 1. The number of carbonyl (C=O) groups is 1. The minimum absolute atomic E-state index is 0.363. The highest BCUT2D eigenvalue weighted by molar-refractivity contribution is 5.80. The van der Waals surface area contributed by atoms with E-state index >= 15 is 0 Å². The molecule has 4 rings (SSSR count). The largest absolute Gasteiger partial charge is 0.334 e. The fourth-order valence-electron chi connectivity index (χ4n) is 3.88. The normalized spacial score (nSPS) is 34.5. The summed E-state index contributed by atoms with van der Waals surface area (Å²) in [5.41, 5.74) is 0. The average molecular weight is 236 g/mol. The van der Waals surface area contributed by atoms with E-state index in [-0.39, 0.29) is 0 Å². The molecule has 2 unspecified atom stereocenters. The zero-order chi connectivity index (χ0) is 11.8. The van der Waals surface area contributed by atoms with Gasteiger partial charge in [0.05, 0.1) is 0 Å². The first-order valence-electron chi connectivity index (χ1n) is 7.34. The van der Waals surface area contributed by atoms with Gasteiger partial charge >= 0.3 is 0 Å². The summed E-state index contributed by atoms with van der Waals surface area (Å²) in [5.74, 6) is 0.851. The molecule has 1 saturated carbocycles. The van der Waals surface area contributed by atoms with Crippen LogP contribution in [-0.2, 0) is 4.79 Å². The smallest absolute Gasteiger partial charge is 0.226 e. The summed E-state index contributed by atoms with van der Waals surface area (Å²) in [4.78, 5) is 17.2. The Bertz CT molecular complexity index is 287. The monoisotopic (exact) mass is 236 g/mol. The highest BCUT2D eigenvalue weighted by Gasteiger charge is 2.47. The van der Waals surface area contributed by atoms with Crippen LogP contribution in [0.4, 0.5) is 0 Å². The Hall–Kier alpha value is -0.570. The third-order valence-corrected chi connectivity index (χ3v) is 4.92. The Morgan fingerprint density at radius 3 is 2.35 bits per heavy atom. The molecular formula is C14H24N2O. The van der Waals surface area contributed by atoms with Crippen LogP contribution in [-0.4, -0.2) is 47.4 Å². The maximum Gasteiger partial charge on any atom is 0.226 e. The van der Waals surface area contributed by atoms with Crippen LogP contribution < -0.4 is 0 Å². The van der Waals surface area contributed by atoms with Gasteiger partial charge in [0.1, 0.15) is 0 Å². The number of nitrogens with zero attached hydrogens (tertiary/aromatic N) is 2. The fraction of sp³-hybridized carbons (Fsp3) is 0.929. The van der Waals surface area contributed by atoms with Crippen molar-refractivity contribution in [3.8, 4) is 0 Å². The highest BCUT2D eigenvalue weighted by Crippen LogP contribution is 2.36. The van der Waals surface area contributed by atoms with Gasteiger partial charge in [0.2, 0.25) is 5.91 Å². The zero-order valence-electron chi connectivity index (χ0n) is 10.9. The quantitative estimate of drug-likeness (QED) is 0.731. The topological polar surface area (TPSA) is 23.6 Å². The highest BCUT2D eigenvalue weighted by atomic mass is 16.2. The Kier molecular flexibility index (Phi) is 3.12. The van der Waals surface area contributed by atoms with E-state index in [4.69, 9.17) is 0 Å². The number of fused-ring (bicyclic) bond motifs is 2. The number of hydrogen-bond donors (Lipinski definition) is 0. The molecule has 96 valence electrons. The van der Waals surface area contributed by atoms with E-state index in [9.17, 15) is 4.79 Å². The van der Waals surface area contributed by atoms with E-state index in [1.807, 2.05) is 0 Å².